The van der Waals surface area contributed by atoms with Crippen molar-refractivity contribution in [3.8, 4) is 0 Å². The summed E-state index contributed by atoms with van der Waals surface area (Å²) >= 11 is 6.04. The Kier molecular flexibility index (Phi) is 3.38. The maximum Gasteiger partial charge on any atom is 0.0411 e. The zero-order valence-electron chi connectivity index (χ0n) is 8.82. The van der Waals surface area contributed by atoms with Gasteiger partial charge >= 0.3 is 0 Å². The van der Waals surface area contributed by atoms with E-state index in [0.717, 1.165) is 11.4 Å². The Morgan fingerprint density at radius 2 is 1.92 bits per heavy atom. The SMILES string of the molecule is CCc1cc(Cl)cc(C(C)C)c1C. The summed E-state index contributed by atoms with van der Waals surface area (Å²) in [6.45, 7) is 8.77. The van der Waals surface area contributed by atoms with Gasteiger partial charge in [0.15, 0.2) is 0 Å². The smallest absolute Gasteiger partial charge is 0.0411 e. The van der Waals surface area contributed by atoms with Crippen LogP contribution < -0.4 is 0 Å². The first-order valence-electron chi connectivity index (χ1n) is 4.85. The van der Waals surface area contributed by atoms with Crippen molar-refractivity contribution in [2.45, 2.75) is 40.0 Å². The number of rotatable bonds is 2. The molecule has 0 aromatic heterocycles. The van der Waals surface area contributed by atoms with E-state index in [1.54, 1.807) is 0 Å². The molecule has 0 atom stereocenters. The third-order valence-corrected chi connectivity index (χ3v) is 2.74. The van der Waals surface area contributed by atoms with E-state index in [1.807, 2.05) is 0 Å². The van der Waals surface area contributed by atoms with Crippen LogP contribution in [0.3, 0.4) is 0 Å². The first-order valence-corrected chi connectivity index (χ1v) is 5.23. The van der Waals surface area contributed by atoms with E-state index in [-0.39, 0.29) is 0 Å². The normalized spacial score (nSPS) is 10.9. The van der Waals surface area contributed by atoms with E-state index in [2.05, 4.69) is 39.8 Å². The minimum atomic E-state index is 0.559. The molecule has 1 heteroatoms. The molecule has 0 N–H and O–H groups in total. The van der Waals surface area contributed by atoms with Crippen LogP contribution in [0, 0.1) is 6.92 Å². The van der Waals surface area contributed by atoms with Gasteiger partial charge in [-0.2, -0.15) is 0 Å². The van der Waals surface area contributed by atoms with Crippen LogP contribution in [-0.4, -0.2) is 0 Å². The fourth-order valence-corrected chi connectivity index (χ4v) is 1.97. The molecule has 0 amide bonds. The van der Waals surface area contributed by atoms with Crippen LogP contribution in [-0.2, 0) is 6.42 Å². The molecule has 1 aromatic carbocycles. The van der Waals surface area contributed by atoms with Crippen molar-refractivity contribution in [1.29, 1.82) is 0 Å². The van der Waals surface area contributed by atoms with Crippen molar-refractivity contribution in [3.63, 3.8) is 0 Å². The van der Waals surface area contributed by atoms with Crippen LogP contribution in [0.1, 0.15) is 43.4 Å². The molecule has 72 valence electrons. The van der Waals surface area contributed by atoms with Gasteiger partial charge in [0.25, 0.3) is 0 Å². The lowest BCUT2D eigenvalue weighted by Gasteiger charge is -2.13. The molecule has 0 radical (unpaired) electrons. The highest BCUT2D eigenvalue weighted by Gasteiger charge is 2.07. The molecule has 0 heterocycles. The summed E-state index contributed by atoms with van der Waals surface area (Å²) in [5, 5.41) is 0.867. The zero-order chi connectivity index (χ0) is 10.0. The molecule has 0 nitrogen and oxygen atoms in total. The highest BCUT2D eigenvalue weighted by atomic mass is 35.5. The highest BCUT2D eigenvalue weighted by Crippen LogP contribution is 2.26. The average molecular weight is 197 g/mol. The van der Waals surface area contributed by atoms with E-state index in [4.69, 9.17) is 11.6 Å². The third kappa shape index (κ3) is 2.25. The van der Waals surface area contributed by atoms with Gasteiger partial charge in [0.1, 0.15) is 0 Å². The number of hydrogen-bond donors (Lipinski definition) is 0. The van der Waals surface area contributed by atoms with Crippen LogP contribution in [0.5, 0.6) is 0 Å². The second-order valence-corrected chi connectivity index (χ2v) is 4.22. The summed E-state index contributed by atoms with van der Waals surface area (Å²) in [5.74, 6) is 0.559. The third-order valence-electron chi connectivity index (χ3n) is 2.52. The van der Waals surface area contributed by atoms with Crippen LogP contribution in [0.4, 0.5) is 0 Å². The summed E-state index contributed by atoms with van der Waals surface area (Å²) in [4.78, 5) is 0. The molecule has 0 spiro atoms. The minimum Gasteiger partial charge on any atom is -0.0843 e. The molecule has 13 heavy (non-hydrogen) atoms. The maximum atomic E-state index is 6.04. The van der Waals surface area contributed by atoms with Gasteiger partial charge in [-0.05, 0) is 48.1 Å². The first-order chi connectivity index (χ1) is 6.06. The summed E-state index contributed by atoms with van der Waals surface area (Å²) < 4.78 is 0. The molecule has 0 unspecified atom stereocenters. The van der Waals surface area contributed by atoms with Crippen LogP contribution >= 0.6 is 11.6 Å². The van der Waals surface area contributed by atoms with Crippen molar-refractivity contribution in [3.05, 3.63) is 33.8 Å². The van der Waals surface area contributed by atoms with Gasteiger partial charge in [-0.1, -0.05) is 32.4 Å². The number of hydrogen-bond acceptors (Lipinski definition) is 0. The molecule has 1 aromatic rings. The zero-order valence-corrected chi connectivity index (χ0v) is 9.57. The van der Waals surface area contributed by atoms with Crippen LogP contribution in [0.15, 0.2) is 12.1 Å². The number of halogens is 1. The maximum absolute atomic E-state index is 6.04. The second-order valence-electron chi connectivity index (χ2n) is 3.79. The van der Waals surface area contributed by atoms with E-state index in [9.17, 15) is 0 Å². The Labute approximate surface area is 85.9 Å². The van der Waals surface area contributed by atoms with Crippen molar-refractivity contribution in [2.24, 2.45) is 0 Å². The van der Waals surface area contributed by atoms with Crippen molar-refractivity contribution >= 4 is 11.6 Å². The molecule has 0 bridgehead atoms. The fourth-order valence-electron chi connectivity index (χ4n) is 1.73. The molecule has 0 fully saturated rings. The summed E-state index contributed by atoms with van der Waals surface area (Å²) in [6.07, 6.45) is 1.06. The first kappa shape index (κ1) is 10.6. The van der Waals surface area contributed by atoms with Crippen molar-refractivity contribution in [2.75, 3.05) is 0 Å². The Bertz CT molecular complexity index is 300. The van der Waals surface area contributed by atoms with Crippen LogP contribution in [0.25, 0.3) is 0 Å². The molecule has 0 saturated carbocycles. The van der Waals surface area contributed by atoms with Crippen LogP contribution in [0.2, 0.25) is 5.02 Å². The van der Waals surface area contributed by atoms with E-state index < -0.39 is 0 Å². The Balaban J connectivity index is 3.27. The molecule has 0 aliphatic heterocycles. The molecule has 0 aliphatic carbocycles. The van der Waals surface area contributed by atoms with E-state index >= 15 is 0 Å². The lowest BCUT2D eigenvalue weighted by molar-refractivity contribution is 0.850. The van der Waals surface area contributed by atoms with Crippen molar-refractivity contribution in [1.82, 2.24) is 0 Å². The van der Waals surface area contributed by atoms with Gasteiger partial charge in [0, 0.05) is 5.02 Å². The van der Waals surface area contributed by atoms with Crippen molar-refractivity contribution < 1.29 is 0 Å². The van der Waals surface area contributed by atoms with Gasteiger partial charge in [0.05, 0.1) is 0 Å². The Morgan fingerprint density at radius 3 is 2.38 bits per heavy atom. The molecule has 0 aliphatic rings. The second kappa shape index (κ2) is 4.15. The van der Waals surface area contributed by atoms with Gasteiger partial charge in [0.2, 0.25) is 0 Å². The van der Waals surface area contributed by atoms with Gasteiger partial charge in [-0.3, -0.25) is 0 Å². The number of aryl methyl sites for hydroxylation is 1. The summed E-state index contributed by atoms with van der Waals surface area (Å²) in [7, 11) is 0. The average Bonchev–Trinajstić information content (AvgIpc) is 2.08. The standard InChI is InChI=1S/C12H17Cl/c1-5-10-6-11(13)7-12(8(2)3)9(10)4/h6-8H,5H2,1-4H3. The van der Waals surface area contributed by atoms with Gasteiger partial charge in [-0.25, -0.2) is 0 Å². The highest BCUT2D eigenvalue weighted by molar-refractivity contribution is 6.30. The van der Waals surface area contributed by atoms with Gasteiger partial charge in [-0.15, -0.1) is 0 Å². The Morgan fingerprint density at radius 1 is 1.31 bits per heavy atom. The lowest BCUT2D eigenvalue weighted by Crippen LogP contribution is -1.96. The molecule has 0 saturated heterocycles. The van der Waals surface area contributed by atoms with Gasteiger partial charge < -0.3 is 0 Å². The predicted octanol–water partition coefficient (Wildman–Crippen LogP) is 4.33. The van der Waals surface area contributed by atoms with E-state index in [1.165, 1.54) is 16.7 Å². The Hall–Kier alpha value is -0.490. The molecule has 1 rings (SSSR count). The largest absolute Gasteiger partial charge is 0.0843 e. The number of benzene rings is 1. The lowest BCUT2D eigenvalue weighted by atomic mass is 9.93. The molecular formula is C12H17Cl. The minimum absolute atomic E-state index is 0.559. The topological polar surface area (TPSA) is 0 Å². The predicted molar refractivity (Wildman–Crippen MR) is 59.7 cm³/mol. The van der Waals surface area contributed by atoms with E-state index in [0.29, 0.717) is 5.92 Å². The monoisotopic (exact) mass is 196 g/mol. The summed E-state index contributed by atoms with van der Waals surface area (Å²) in [5.41, 5.74) is 4.16. The summed E-state index contributed by atoms with van der Waals surface area (Å²) in [6, 6.07) is 4.16. The molecular weight excluding hydrogens is 180 g/mol. The fraction of sp³-hybridized carbons (Fsp3) is 0.500. The quantitative estimate of drug-likeness (QED) is 0.661.